The molecule has 0 saturated carbocycles. The van der Waals surface area contributed by atoms with Crippen LogP contribution in [0.4, 0.5) is 4.39 Å². The van der Waals surface area contributed by atoms with Gasteiger partial charge in [-0.1, -0.05) is 37.3 Å². The number of likely N-dealkylation sites (tertiary alicyclic amines) is 1. The molecule has 7 heteroatoms. The zero-order valence-corrected chi connectivity index (χ0v) is 15.9. The van der Waals surface area contributed by atoms with Gasteiger partial charge in [0.25, 0.3) is 0 Å². The van der Waals surface area contributed by atoms with Gasteiger partial charge in [-0.3, -0.25) is 0 Å². The van der Waals surface area contributed by atoms with Crippen LogP contribution in [0.5, 0.6) is 5.88 Å². The molecule has 0 spiro atoms. The maximum atomic E-state index is 14.7. The Morgan fingerprint density at radius 3 is 2.73 bits per heavy atom. The molecule has 1 aliphatic rings. The third-order valence-electron chi connectivity index (χ3n) is 5.36. The van der Waals surface area contributed by atoms with Crippen LogP contribution in [0.2, 0.25) is 0 Å². The lowest BCUT2D eigenvalue weighted by atomic mass is 9.95. The highest BCUT2D eigenvalue weighted by Crippen LogP contribution is 2.36. The number of hydrogen-bond donors (Lipinski definition) is 2. The average molecular weight is 375 g/mol. The number of halogens is 1. The first-order valence-electron chi connectivity index (χ1n) is 9.24. The van der Waals surface area contributed by atoms with E-state index < -0.39 is 0 Å². The summed E-state index contributed by atoms with van der Waals surface area (Å²) in [6, 6.07) is 6.66. The Balaban J connectivity index is 1.81. The van der Waals surface area contributed by atoms with E-state index in [9.17, 15) is 9.50 Å². The lowest BCUT2D eigenvalue weighted by molar-refractivity contribution is -0.931. The Morgan fingerprint density at radius 2 is 2.08 bits per heavy atom. The third kappa shape index (κ3) is 2.99. The van der Waals surface area contributed by atoms with Gasteiger partial charge in [-0.25, -0.2) is 9.37 Å². The molecule has 1 fully saturated rings. The van der Waals surface area contributed by atoms with Gasteiger partial charge in [0, 0.05) is 6.42 Å². The number of nitrogens with zero attached hydrogens (tertiary/aromatic N) is 3. The van der Waals surface area contributed by atoms with E-state index in [4.69, 9.17) is 0 Å². The van der Waals surface area contributed by atoms with E-state index >= 15 is 0 Å². The summed E-state index contributed by atoms with van der Waals surface area (Å²) in [5.41, 5.74) is 0.632. The summed E-state index contributed by atoms with van der Waals surface area (Å²) >= 11 is 1.42. The molecule has 3 heterocycles. The minimum absolute atomic E-state index is 0.0941. The van der Waals surface area contributed by atoms with E-state index in [1.807, 2.05) is 19.1 Å². The second kappa shape index (κ2) is 6.96. The van der Waals surface area contributed by atoms with Crippen molar-refractivity contribution in [1.82, 2.24) is 14.6 Å². The summed E-state index contributed by atoms with van der Waals surface area (Å²) in [5, 5.41) is 15.2. The van der Waals surface area contributed by atoms with Gasteiger partial charge in [-0.2, -0.15) is 4.52 Å². The highest BCUT2D eigenvalue weighted by molar-refractivity contribution is 7.17. The molecule has 0 radical (unpaired) electrons. The maximum absolute atomic E-state index is 14.7. The predicted molar refractivity (Wildman–Crippen MR) is 99.2 cm³/mol. The van der Waals surface area contributed by atoms with Gasteiger partial charge in [0.15, 0.2) is 11.9 Å². The maximum Gasteiger partial charge on any atom is 0.235 e. The van der Waals surface area contributed by atoms with E-state index in [0.717, 1.165) is 37.2 Å². The minimum Gasteiger partial charge on any atom is -0.492 e. The molecule has 5 nitrogen and oxygen atoms in total. The quantitative estimate of drug-likeness (QED) is 0.737. The number of benzene rings is 1. The molecule has 3 aromatic rings. The summed E-state index contributed by atoms with van der Waals surface area (Å²) in [7, 11) is 0. The van der Waals surface area contributed by atoms with Crippen molar-refractivity contribution < 1.29 is 14.4 Å². The van der Waals surface area contributed by atoms with E-state index in [1.165, 1.54) is 26.8 Å². The third-order valence-corrected chi connectivity index (χ3v) is 6.45. The number of aromatic nitrogens is 3. The number of nitrogens with one attached hydrogen (secondary N) is 1. The van der Waals surface area contributed by atoms with Crippen molar-refractivity contribution in [1.29, 1.82) is 0 Å². The Kier molecular flexibility index (Phi) is 4.67. The SMILES string of the molecule is CCc1nc2sc([C@H](c3ccccc3F)[NH+]3CCC(C)CC3)c(O)n2n1. The van der Waals surface area contributed by atoms with Crippen LogP contribution in [0.1, 0.15) is 49.0 Å². The Labute approximate surface area is 156 Å². The van der Waals surface area contributed by atoms with Crippen molar-refractivity contribution >= 4 is 16.3 Å². The van der Waals surface area contributed by atoms with E-state index in [-0.39, 0.29) is 17.7 Å². The van der Waals surface area contributed by atoms with Crippen molar-refractivity contribution in [3.8, 4) is 5.88 Å². The van der Waals surface area contributed by atoms with Crippen LogP contribution in [0.3, 0.4) is 0 Å². The lowest BCUT2D eigenvalue weighted by Crippen LogP contribution is -3.13. The zero-order valence-electron chi connectivity index (χ0n) is 15.1. The molecular weight excluding hydrogens is 351 g/mol. The van der Waals surface area contributed by atoms with E-state index in [0.29, 0.717) is 22.3 Å². The first-order valence-corrected chi connectivity index (χ1v) is 10.1. The summed E-state index contributed by atoms with van der Waals surface area (Å²) < 4.78 is 16.2. The number of rotatable bonds is 4. The predicted octanol–water partition coefficient (Wildman–Crippen LogP) is 2.60. The second-order valence-electron chi connectivity index (χ2n) is 7.16. The van der Waals surface area contributed by atoms with Crippen LogP contribution in [0, 0.1) is 11.7 Å². The zero-order chi connectivity index (χ0) is 18.3. The molecule has 138 valence electrons. The fourth-order valence-corrected chi connectivity index (χ4v) is 4.96. The monoisotopic (exact) mass is 375 g/mol. The van der Waals surface area contributed by atoms with Crippen molar-refractivity contribution in [2.24, 2.45) is 5.92 Å². The molecule has 1 aliphatic heterocycles. The molecule has 1 atom stereocenters. The molecule has 4 rings (SSSR count). The second-order valence-corrected chi connectivity index (χ2v) is 8.17. The fraction of sp³-hybridized carbons (Fsp3) is 0.474. The highest BCUT2D eigenvalue weighted by atomic mass is 32.1. The molecule has 0 aliphatic carbocycles. The van der Waals surface area contributed by atoms with E-state index in [1.54, 1.807) is 6.07 Å². The van der Waals surface area contributed by atoms with Gasteiger partial charge in [0.1, 0.15) is 10.7 Å². The van der Waals surface area contributed by atoms with Gasteiger partial charge in [0.2, 0.25) is 10.8 Å². The number of quaternary nitrogens is 1. The van der Waals surface area contributed by atoms with Crippen LogP contribution < -0.4 is 4.90 Å². The summed E-state index contributed by atoms with van der Waals surface area (Å²) in [4.78, 5) is 7.19. The van der Waals surface area contributed by atoms with Crippen LogP contribution in [-0.2, 0) is 6.42 Å². The molecule has 1 aromatic carbocycles. The molecule has 0 unspecified atom stereocenters. The number of fused-ring (bicyclic) bond motifs is 1. The van der Waals surface area contributed by atoms with Crippen molar-refractivity contribution in [2.45, 2.75) is 39.2 Å². The Bertz CT molecular complexity index is 914. The summed E-state index contributed by atoms with van der Waals surface area (Å²) in [6.45, 7) is 6.18. The molecular formula is C19H24FN4OS+. The van der Waals surface area contributed by atoms with Crippen molar-refractivity contribution in [3.05, 3.63) is 46.3 Å². The molecule has 26 heavy (non-hydrogen) atoms. The van der Waals surface area contributed by atoms with E-state index in [2.05, 4.69) is 17.0 Å². The van der Waals surface area contributed by atoms with Gasteiger partial charge in [-0.15, -0.1) is 5.10 Å². The smallest absolute Gasteiger partial charge is 0.235 e. The first kappa shape index (κ1) is 17.4. The van der Waals surface area contributed by atoms with Gasteiger partial charge >= 0.3 is 0 Å². The average Bonchev–Trinajstić information content (AvgIpc) is 3.18. The number of piperidine rings is 1. The largest absolute Gasteiger partial charge is 0.492 e. The molecule has 2 aromatic heterocycles. The molecule has 0 amide bonds. The standard InChI is InChI=1S/C19H23FN4OS/c1-3-15-21-19-24(22-15)18(25)17(26-19)16(13-6-4-5-7-14(13)20)23-10-8-12(2)9-11-23/h4-7,12,16,25H,3,8-11H2,1-2H3/p+1/t16-/m0/s1. The fourth-order valence-electron chi connectivity index (χ4n) is 3.81. The highest BCUT2D eigenvalue weighted by Gasteiger charge is 2.36. The lowest BCUT2D eigenvalue weighted by Gasteiger charge is -2.33. The van der Waals surface area contributed by atoms with Crippen LogP contribution >= 0.6 is 11.3 Å². The Morgan fingerprint density at radius 1 is 1.35 bits per heavy atom. The topological polar surface area (TPSA) is 54.9 Å². The van der Waals surface area contributed by atoms with Crippen molar-refractivity contribution in [2.75, 3.05) is 13.1 Å². The number of hydrogen-bond acceptors (Lipinski definition) is 4. The van der Waals surface area contributed by atoms with Crippen LogP contribution in [-0.4, -0.2) is 32.8 Å². The molecule has 2 N–H and O–H groups in total. The van der Waals surface area contributed by atoms with Crippen LogP contribution in [0.15, 0.2) is 24.3 Å². The van der Waals surface area contributed by atoms with Crippen LogP contribution in [0.25, 0.3) is 4.96 Å². The normalized spacial score (nSPS) is 22.0. The summed E-state index contributed by atoms with van der Waals surface area (Å²) in [5.74, 6) is 1.27. The van der Waals surface area contributed by atoms with Crippen molar-refractivity contribution in [3.63, 3.8) is 0 Å². The molecule has 1 saturated heterocycles. The van der Waals surface area contributed by atoms with Gasteiger partial charge in [0.05, 0.1) is 18.7 Å². The van der Waals surface area contributed by atoms with Gasteiger partial charge < -0.3 is 10.0 Å². The van der Waals surface area contributed by atoms with Gasteiger partial charge in [-0.05, 0) is 30.9 Å². The first-order chi connectivity index (χ1) is 12.6. The minimum atomic E-state index is -0.234. The number of thiazole rings is 1. The molecule has 0 bridgehead atoms. The number of aromatic hydroxyl groups is 1. The summed E-state index contributed by atoms with van der Waals surface area (Å²) in [6.07, 6.45) is 2.94. The Hall–Kier alpha value is -1.99. The number of aryl methyl sites for hydroxylation is 1.